The van der Waals surface area contributed by atoms with Gasteiger partial charge in [0, 0.05) is 6.42 Å². The fourth-order valence-corrected chi connectivity index (χ4v) is 2.91. The van der Waals surface area contributed by atoms with Gasteiger partial charge >= 0.3 is 11.9 Å². The Kier molecular flexibility index (Phi) is 11.8. The first kappa shape index (κ1) is 29.0. The number of carboxylic acid groups (broad SMARTS) is 2. The number of carbonyl (C=O) groups excluding carboxylic acids is 4. The number of benzene rings is 1. The summed E-state index contributed by atoms with van der Waals surface area (Å²) in [4.78, 5) is 70.8. The first-order chi connectivity index (χ1) is 16.4. The molecule has 0 aromatic heterocycles. The summed E-state index contributed by atoms with van der Waals surface area (Å²) in [5.41, 5.74) is 11.7. The van der Waals surface area contributed by atoms with Crippen molar-refractivity contribution < 1.29 is 44.1 Å². The van der Waals surface area contributed by atoms with Crippen LogP contribution in [-0.2, 0) is 35.2 Å². The van der Waals surface area contributed by atoms with Crippen molar-refractivity contribution >= 4 is 35.6 Å². The summed E-state index contributed by atoms with van der Waals surface area (Å²) < 4.78 is 0. The molecular formula is C21H29N5O9. The van der Waals surface area contributed by atoms with Crippen molar-refractivity contribution in [2.24, 2.45) is 11.5 Å². The van der Waals surface area contributed by atoms with Crippen molar-refractivity contribution in [3.8, 4) is 0 Å². The minimum atomic E-state index is -1.66. The Bertz CT molecular complexity index is 925. The predicted molar refractivity (Wildman–Crippen MR) is 119 cm³/mol. The van der Waals surface area contributed by atoms with Crippen LogP contribution in [-0.4, -0.2) is 81.7 Å². The highest BCUT2D eigenvalue weighted by Gasteiger charge is 2.31. The Morgan fingerprint density at radius 2 is 1.37 bits per heavy atom. The summed E-state index contributed by atoms with van der Waals surface area (Å²) in [6, 6.07) is 2.91. The molecule has 4 amide bonds. The van der Waals surface area contributed by atoms with Crippen LogP contribution in [0, 0.1) is 0 Å². The second kappa shape index (κ2) is 14.3. The third kappa shape index (κ3) is 10.6. The number of aliphatic carboxylic acids is 2. The van der Waals surface area contributed by atoms with Gasteiger partial charge in [0.1, 0.15) is 18.1 Å². The van der Waals surface area contributed by atoms with Crippen molar-refractivity contribution in [1.29, 1.82) is 0 Å². The molecule has 0 fully saturated rings. The molecule has 4 unspecified atom stereocenters. The molecule has 0 saturated heterocycles. The average Bonchev–Trinajstić information content (AvgIpc) is 2.79. The largest absolute Gasteiger partial charge is 0.481 e. The first-order valence-electron chi connectivity index (χ1n) is 10.5. The third-order valence-electron chi connectivity index (χ3n) is 4.75. The van der Waals surface area contributed by atoms with Crippen molar-refractivity contribution in [2.45, 2.75) is 49.9 Å². The number of carboxylic acids is 2. The van der Waals surface area contributed by atoms with Crippen LogP contribution in [0.3, 0.4) is 0 Å². The van der Waals surface area contributed by atoms with Crippen LogP contribution in [0.5, 0.6) is 0 Å². The molecule has 0 spiro atoms. The first-order valence-corrected chi connectivity index (χ1v) is 10.5. The van der Waals surface area contributed by atoms with Gasteiger partial charge in [0.25, 0.3) is 0 Å². The highest BCUT2D eigenvalue weighted by molar-refractivity contribution is 5.96. The zero-order valence-corrected chi connectivity index (χ0v) is 18.7. The van der Waals surface area contributed by atoms with E-state index in [0.717, 1.165) is 5.56 Å². The number of carbonyl (C=O) groups is 6. The summed E-state index contributed by atoms with van der Waals surface area (Å²) in [6.07, 6.45) is -1.61. The standard InChI is InChI=1S/C21H29N5O9/c22-12(8-11-4-2-1-3-5-11)18(31)26-15(10-27)20(33)25-14(9-16(23)28)19(32)24-13(21(34)35)6-7-17(29)30/h1-5,12-15,27H,6-10,22H2,(H2,23,28)(H,24,32)(H,25,33)(H,26,31)(H,29,30)(H,34,35). The van der Waals surface area contributed by atoms with Crippen LogP contribution in [0.1, 0.15) is 24.8 Å². The van der Waals surface area contributed by atoms with E-state index in [2.05, 4.69) is 10.6 Å². The van der Waals surface area contributed by atoms with E-state index in [1.165, 1.54) is 0 Å². The fourth-order valence-electron chi connectivity index (χ4n) is 2.91. The average molecular weight is 495 g/mol. The SMILES string of the molecule is NC(=O)CC(NC(=O)C(CO)NC(=O)C(N)Cc1ccccc1)C(=O)NC(CCC(=O)O)C(=O)O. The normalized spacial score (nSPS) is 14.0. The Balaban J connectivity index is 2.84. The van der Waals surface area contributed by atoms with E-state index in [1.807, 2.05) is 5.32 Å². The Morgan fingerprint density at radius 1 is 0.829 bits per heavy atom. The number of hydrogen-bond donors (Lipinski definition) is 8. The molecule has 14 nitrogen and oxygen atoms in total. The van der Waals surface area contributed by atoms with Crippen LogP contribution >= 0.6 is 0 Å². The van der Waals surface area contributed by atoms with Gasteiger partial charge in [0.15, 0.2) is 0 Å². The van der Waals surface area contributed by atoms with Gasteiger partial charge in [0.2, 0.25) is 23.6 Å². The van der Waals surface area contributed by atoms with Crippen LogP contribution in [0.4, 0.5) is 0 Å². The highest BCUT2D eigenvalue weighted by Crippen LogP contribution is 2.04. The molecule has 0 radical (unpaired) electrons. The lowest BCUT2D eigenvalue weighted by atomic mass is 10.1. The van der Waals surface area contributed by atoms with Crippen LogP contribution in [0.15, 0.2) is 30.3 Å². The number of amides is 4. The number of hydrogen-bond acceptors (Lipinski definition) is 8. The molecule has 1 aromatic rings. The lowest BCUT2D eigenvalue weighted by Crippen LogP contribution is -2.58. The number of aliphatic hydroxyl groups excluding tert-OH is 1. The van der Waals surface area contributed by atoms with E-state index < -0.39 is 85.6 Å². The second-order valence-corrected chi connectivity index (χ2v) is 7.60. The number of rotatable bonds is 15. The molecule has 0 heterocycles. The van der Waals surface area contributed by atoms with Gasteiger partial charge in [0.05, 0.1) is 19.1 Å². The van der Waals surface area contributed by atoms with Gasteiger partial charge in [-0.3, -0.25) is 24.0 Å². The fraction of sp³-hybridized carbons (Fsp3) is 0.429. The molecule has 1 rings (SSSR count). The summed E-state index contributed by atoms with van der Waals surface area (Å²) >= 11 is 0. The third-order valence-corrected chi connectivity index (χ3v) is 4.75. The van der Waals surface area contributed by atoms with Gasteiger partial charge in [-0.2, -0.15) is 0 Å². The van der Waals surface area contributed by atoms with Crippen LogP contribution in [0.2, 0.25) is 0 Å². The summed E-state index contributed by atoms with van der Waals surface area (Å²) in [7, 11) is 0. The minimum absolute atomic E-state index is 0.145. The molecule has 0 aliphatic carbocycles. The smallest absolute Gasteiger partial charge is 0.326 e. The molecule has 1 aromatic carbocycles. The second-order valence-electron chi connectivity index (χ2n) is 7.60. The molecule has 14 heteroatoms. The summed E-state index contributed by atoms with van der Waals surface area (Å²) in [5.74, 6) is -6.79. The quantitative estimate of drug-likeness (QED) is 0.121. The maximum atomic E-state index is 12.6. The van der Waals surface area contributed by atoms with Crippen LogP contribution < -0.4 is 27.4 Å². The maximum absolute atomic E-state index is 12.6. The van der Waals surface area contributed by atoms with E-state index in [4.69, 9.17) is 16.6 Å². The van der Waals surface area contributed by atoms with Gasteiger partial charge in [-0.15, -0.1) is 0 Å². The molecular weight excluding hydrogens is 466 g/mol. The molecule has 35 heavy (non-hydrogen) atoms. The van der Waals surface area contributed by atoms with Gasteiger partial charge < -0.3 is 42.7 Å². The lowest BCUT2D eigenvalue weighted by Gasteiger charge is -2.23. The molecule has 0 bridgehead atoms. The van der Waals surface area contributed by atoms with Crippen molar-refractivity contribution in [3.63, 3.8) is 0 Å². The topological polar surface area (TPSA) is 251 Å². The van der Waals surface area contributed by atoms with E-state index in [1.54, 1.807) is 30.3 Å². The van der Waals surface area contributed by atoms with Crippen molar-refractivity contribution in [1.82, 2.24) is 16.0 Å². The Hall–Kier alpha value is -4.04. The summed E-state index contributed by atoms with van der Waals surface area (Å²) in [6.45, 7) is -0.878. The molecule has 4 atom stereocenters. The zero-order valence-electron chi connectivity index (χ0n) is 18.7. The van der Waals surface area contributed by atoms with Gasteiger partial charge in [-0.05, 0) is 18.4 Å². The molecule has 10 N–H and O–H groups in total. The predicted octanol–water partition coefficient (Wildman–Crippen LogP) is -3.17. The maximum Gasteiger partial charge on any atom is 0.326 e. The Morgan fingerprint density at radius 3 is 1.89 bits per heavy atom. The van der Waals surface area contributed by atoms with E-state index >= 15 is 0 Å². The monoisotopic (exact) mass is 495 g/mol. The summed E-state index contributed by atoms with van der Waals surface area (Å²) in [5, 5.41) is 33.8. The van der Waals surface area contributed by atoms with Crippen LogP contribution in [0.25, 0.3) is 0 Å². The number of primary amides is 1. The Labute approximate surface area is 200 Å². The highest BCUT2D eigenvalue weighted by atomic mass is 16.4. The van der Waals surface area contributed by atoms with Gasteiger partial charge in [-0.25, -0.2) is 4.79 Å². The molecule has 0 aliphatic rings. The van der Waals surface area contributed by atoms with E-state index in [9.17, 15) is 39.0 Å². The minimum Gasteiger partial charge on any atom is -0.481 e. The molecule has 0 saturated carbocycles. The molecule has 192 valence electrons. The van der Waals surface area contributed by atoms with Gasteiger partial charge in [-0.1, -0.05) is 30.3 Å². The zero-order chi connectivity index (χ0) is 26.5. The number of aliphatic hydroxyl groups is 1. The van der Waals surface area contributed by atoms with Crippen molar-refractivity contribution in [3.05, 3.63) is 35.9 Å². The van der Waals surface area contributed by atoms with E-state index in [-0.39, 0.29) is 6.42 Å². The number of nitrogens with one attached hydrogen (secondary N) is 3. The van der Waals surface area contributed by atoms with E-state index in [0.29, 0.717) is 0 Å². The van der Waals surface area contributed by atoms with Crippen molar-refractivity contribution in [2.75, 3.05) is 6.61 Å². The lowest BCUT2D eigenvalue weighted by molar-refractivity contribution is -0.143. The number of nitrogens with two attached hydrogens (primary N) is 2. The molecule has 0 aliphatic heterocycles.